The lowest BCUT2D eigenvalue weighted by Crippen LogP contribution is -2.78. The zero-order chi connectivity index (χ0) is 17.3. The van der Waals surface area contributed by atoms with Crippen LogP contribution < -0.4 is 9.88 Å². The fraction of sp³-hybridized carbons (Fsp3) is 0.261. The Bertz CT molecular complexity index is 831. The number of para-hydroxylation sites is 2. The highest BCUT2D eigenvalue weighted by molar-refractivity contribution is 5.74. The zero-order valence-electron chi connectivity index (χ0n) is 15.1. The minimum Gasteiger partial charge on any atom is -0.313 e. The summed E-state index contributed by atoms with van der Waals surface area (Å²) in [6.45, 7) is 4.31. The van der Waals surface area contributed by atoms with E-state index in [0.29, 0.717) is 0 Å². The fourth-order valence-corrected chi connectivity index (χ4v) is 3.30. The number of aryl methyl sites for hydroxylation is 1. The lowest BCUT2D eigenvalue weighted by molar-refractivity contribution is -0.672. The van der Waals surface area contributed by atoms with Gasteiger partial charge in [-0.05, 0) is 44.0 Å². The quantitative estimate of drug-likeness (QED) is 0.362. The van der Waals surface area contributed by atoms with Crippen LogP contribution in [0.3, 0.4) is 0 Å². The number of hydrogen-bond donors (Lipinski definition) is 1. The van der Waals surface area contributed by atoms with Crippen molar-refractivity contribution in [3.63, 3.8) is 0 Å². The van der Waals surface area contributed by atoms with Crippen molar-refractivity contribution in [2.24, 2.45) is 0 Å². The number of quaternary nitrogens is 1. The monoisotopic (exact) mass is 332 g/mol. The number of pyridine rings is 1. The molecule has 25 heavy (non-hydrogen) atoms. The van der Waals surface area contributed by atoms with Gasteiger partial charge in [0.1, 0.15) is 12.2 Å². The van der Waals surface area contributed by atoms with Gasteiger partial charge in [-0.2, -0.15) is 4.57 Å². The van der Waals surface area contributed by atoms with Crippen molar-refractivity contribution in [2.45, 2.75) is 32.7 Å². The highest BCUT2D eigenvalue weighted by atomic mass is 14.9. The normalized spacial score (nSPS) is 11.4. The van der Waals surface area contributed by atoms with E-state index in [1.807, 2.05) is 0 Å². The van der Waals surface area contributed by atoms with Crippen LogP contribution in [-0.4, -0.2) is 6.54 Å². The van der Waals surface area contributed by atoms with E-state index in [-0.39, 0.29) is 0 Å². The number of benzene rings is 2. The van der Waals surface area contributed by atoms with Crippen LogP contribution in [0.4, 0.5) is 5.69 Å². The first-order valence-electron chi connectivity index (χ1n) is 9.30. The van der Waals surface area contributed by atoms with Gasteiger partial charge >= 0.3 is 0 Å². The second kappa shape index (κ2) is 9.14. The van der Waals surface area contributed by atoms with E-state index < -0.39 is 0 Å². The van der Waals surface area contributed by atoms with Gasteiger partial charge in [0.25, 0.3) is 0 Å². The molecule has 2 heteroatoms. The minimum absolute atomic E-state index is 1.09. The Kier molecular flexibility index (Phi) is 6.35. The van der Waals surface area contributed by atoms with Gasteiger partial charge in [0.2, 0.25) is 5.52 Å². The number of nitrogens with zero attached hydrogens (tertiary/aromatic N) is 1. The van der Waals surface area contributed by atoms with E-state index >= 15 is 0 Å². The Morgan fingerprint density at radius 1 is 0.880 bits per heavy atom. The molecule has 2 nitrogen and oxygen atoms in total. The van der Waals surface area contributed by atoms with Gasteiger partial charge in [0, 0.05) is 29.5 Å². The van der Waals surface area contributed by atoms with E-state index in [1.165, 1.54) is 41.4 Å². The Morgan fingerprint density at radius 3 is 2.60 bits per heavy atom. The molecule has 1 aromatic heterocycles. The summed E-state index contributed by atoms with van der Waals surface area (Å²) in [5.41, 5.74) is 4.00. The summed E-state index contributed by atoms with van der Waals surface area (Å²) in [5.74, 6) is 0. The molecule has 3 rings (SSSR count). The van der Waals surface area contributed by atoms with Crippen molar-refractivity contribution in [2.75, 3.05) is 6.54 Å². The summed E-state index contributed by atoms with van der Waals surface area (Å²) in [6, 6.07) is 21.6. The van der Waals surface area contributed by atoms with Crippen molar-refractivity contribution >= 4 is 22.7 Å². The lowest BCUT2D eigenvalue weighted by Gasteiger charge is -2.05. The molecule has 0 aliphatic carbocycles. The molecule has 1 heterocycles. The topological polar surface area (TPSA) is 20.5 Å². The first-order chi connectivity index (χ1) is 12.4. The molecule has 0 saturated carbocycles. The number of rotatable bonds is 8. The average molecular weight is 332 g/mol. The maximum Gasteiger partial charge on any atom is 0.212 e. The Morgan fingerprint density at radius 2 is 1.68 bits per heavy atom. The molecule has 3 aromatic rings. The van der Waals surface area contributed by atoms with Gasteiger partial charge in [0.05, 0.1) is 6.54 Å². The van der Waals surface area contributed by atoms with Crippen molar-refractivity contribution < 1.29 is 9.88 Å². The summed E-state index contributed by atoms with van der Waals surface area (Å²) in [6.07, 6.45) is 10.2. The number of aromatic nitrogens is 1. The Hall–Kier alpha value is -2.45. The smallest absolute Gasteiger partial charge is 0.212 e. The van der Waals surface area contributed by atoms with Crippen LogP contribution in [-0.2, 0) is 6.54 Å². The molecule has 0 atom stereocenters. The highest BCUT2D eigenvalue weighted by Gasteiger charge is 2.07. The third kappa shape index (κ3) is 4.77. The molecule has 0 aliphatic heterocycles. The van der Waals surface area contributed by atoms with Gasteiger partial charge < -0.3 is 5.32 Å². The van der Waals surface area contributed by atoms with Crippen LogP contribution in [0.15, 0.2) is 72.9 Å². The van der Waals surface area contributed by atoms with Crippen LogP contribution >= 0.6 is 0 Å². The average Bonchev–Trinajstić information content (AvgIpc) is 2.66. The minimum atomic E-state index is 1.09. The molecule has 0 amide bonds. The molecule has 0 aliphatic rings. The second-order valence-corrected chi connectivity index (χ2v) is 6.44. The van der Waals surface area contributed by atoms with Gasteiger partial charge in [-0.3, -0.25) is 0 Å². The van der Waals surface area contributed by atoms with Gasteiger partial charge in [-0.1, -0.05) is 36.4 Å². The van der Waals surface area contributed by atoms with Crippen LogP contribution in [0.1, 0.15) is 31.7 Å². The standard InChI is InChI=1S/C23H27N2/c1-2-11-20-12-4-6-15-22(20)24-17-8-3-9-18-25-19-10-14-21-13-5-7-16-23(21)25/h2,4-7,10-16,19,24H,3,8-9,17-18H2,1H3/q+1/p+1/b11-2-. The van der Waals surface area contributed by atoms with Crippen molar-refractivity contribution in [1.82, 2.24) is 0 Å². The maximum atomic E-state index is 2.38. The third-order valence-corrected chi connectivity index (χ3v) is 4.60. The van der Waals surface area contributed by atoms with Gasteiger partial charge in [-0.15, -0.1) is 0 Å². The number of allylic oxidation sites excluding steroid dienone is 1. The van der Waals surface area contributed by atoms with Crippen LogP contribution in [0.25, 0.3) is 17.0 Å². The predicted octanol–water partition coefficient (Wildman–Crippen LogP) is 4.23. The third-order valence-electron chi connectivity index (χ3n) is 4.60. The Balaban J connectivity index is 1.45. The molecular weight excluding hydrogens is 304 g/mol. The van der Waals surface area contributed by atoms with Crippen LogP contribution in [0, 0.1) is 0 Å². The summed E-state index contributed by atoms with van der Waals surface area (Å²) < 4.78 is 2.38. The molecular formula is C23H28N2+2. The van der Waals surface area contributed by atoms with Crippen molar-refractivity contribution in [3.05, 3.63) is 78.5 Å². The fourth-order valence-electron chi connectivity index (χ4n) is 3.30. The molecule has 0 saturated heterocycles. The van der Waals surface area contributed by atoms with Crippen molar-refractivity contribution in [1.29, 1.82) is 0 Å². The molecule has 2 aromatic carbocycles. The van der Waals surface area contributed by atoms with E-state index in [4.69, 9.17) is 0 Å². The maximum absolute atomic E-state index is 2.38. The first kappa shape index (κ1) is 17.4. The van der Waals surface area contributed by atoms with E-state index in [2.05, 4.69) is 95.8 Å². The van der Waals surface area contributed by atoms with Gasteiger partial charge in [-0.25, -0.2) is 0 Å². The van der Waals surface area contributed by atoms with E-state index in [9.17, 15) is 0 Å². The molecule has 0 bridgehead atoms. The summed E-state index contributed by atoms with van der Waals surface area (Å²) in [4.78, 5) is 0. The molecule has 0 fully saturated rings. The first-order valence-corrected chi connectivity index (χ1v) is 9.30. The molecule has 0 radical (unpaired) electrons. The second-order valence-electron chi connectivity index (χ2n) is 6.44. The zero-order valence-corrected chi connectivity index (χ0v) is 15.1. The molecule has 0 unspecified atom stereocenters. The predicted molar refractivity (Wildman–Crippen MR) is 106 cm³/mol. The van der Waals surface area contributed by atoms with E-state index in [1.54, 1.807) is 0 Å². The van der Waals surface area contributed by atoms with Gasteiger partial charge in [0.15, 0.2) is 6.20 Å². The SMILES string of the molecule is C/C=C\c1ccccc1[NH2+]CCCCC[n+]1cccc2ccccc21. The number of hydrogen-bond acceptors (Lipinski definition) is 0. The number of fused-ring (bicyclic) bond motifs is 1. The Labute approximate surface area is 150 Å². The molecule has 2 N–H and O–H groups in total. The van der Waals surface area contributed by atoms with Crippen LogP contribution in [0.2, 0.25) is 0 Å². The van der Waals surface area contributed by atoms with Crippen molar-refractivity contribution in [3.8, 4) is 0 Å². The summed E-state index contributed by atoms with van der Waals surface area (Å²) in [7, 11) is 0. The lowest BCUT2D eigenvalue weighted by atomic mass is 10.1. The summed E-state index contributed by atoms with van der Waals surface area (Å²) in [5, 5.41) is 3.69. The number of unbranched alkanes of at least 4 members (excludes halogenated alkanes) is 2. The number of nitrogens with two attached hydrogens (primary N) is 1. The molecule has 128 valence electrons. The highest BCUT2D eigenvalue weighted by Crippen LogP contribution is 2.11. The largest absolute Gasteiger partial charge is 0.313 e. The molecule has 0 spiro atoms. The van der Waals surface area contributed by atoms with Crippen LogP contribution in [0.5, 0.6) is 0 Å². The van der Waals surface area contributed by atoms with E-state index in [0.717, 1.165) is 13.1 Å². The summed E-state index contributed by atoms with van der Waals surface area (Å²) >= 11 is 0.